The summed E-state index contributed by atoms with van der Waals surface area (Å²) in [5, 5.41) is 0. The van der Waals surface area contributed by atoms with Crippen LogP contribution in [0.25, 0.3) is 0 Å². The third kappa shape index (κ3) is 6.82. The summed E-state index contributed by atoms with van der Waals surface area (Å²) in [4.78, 5) is 14.2. The van der Waals surface area contributed by atoms with Crippen molar-refractivity contribution in [3.05, 3.63) is 57.6 Å². The van der Waals surface area contributed by atoms with Gasteiger partial charge >= 0.3 is 5.97 Å². The van der Waals surface area contributed by atoms with Crippen LogP contribution in [0, 0.1) is 0 Å². The van der Waals surface area contributed by atoms with Crippen LogP contribution in [0.1, 0.15) is 174 Å². The van der Waals surface area contributed by atoms with Crippen molar-refractivity contribution in [1.29, 1.82) is 0 Å². The number of rotatable bonds is 8. The second-order valence-corrected chi connectivity index (χ2v) is 14.4. The molecule has 0 atom stereocenters. The van der Waals surface area contributed by atoms with Gasteiger partial charge < -0.3 is 4.74 Å². The molecule has 0 aliphatic heterocycles. The average molecular weight is 569 g/mol. The fraction of sp³-hybridized carbons (Fsp3) is 0.618. The second kappa shape index (κ2) is 12.8. The lowest BCUT2D eigenvalue weighted by Crippen LogP contribution is -2.20. The molecule has 0 heterocycles. The molecule has 0 radical (unpaired) electrons. The highest BCUT2D eigenvalue weighted by atomic mass is 32.2. The molecule has 0 aromatic heterocycles. The van der Waals surface area contributed by atoms with Gasteiger partial charge in [-0.3, -0.25) is 4.55 Å². The van der Waals surface area contributed by atoms with Crippen LogP contribution < -0.4 is 4.74 Å². The van der Waals surface area contributed by atoms with E-state index in [4.69, 9.17) is 4.74 Å². The Hall–Kier alpha value is -2.18. The van der Waals surface area contributed by atoms with Crippen LogP contribution >= 0.6 is 0 Å². The first-order valence-corrected chi connectivity index (χ1v) is 16.9. The number of carbonyl (C=O) groups excluding carboxylic acids is 1. The molecule has 2 aliphatic carbocycles. The Morgan fingerprint density at radius 2 is 1.15 bits per heavy atom. The fourth-order valence-electron chi connectivity index (χ4n) is 6.68. The Bertz CT molecular complexity index is 1240. The standard InChI is InChI=1S/C34H48O5S/c1-21(2)26-17-28(22(3)4)32(29(18-26)23(5)6)34(35)39-33-30(24-13-9-7-10-14-24)19-27(40(36,37)38)20-31(33)25-15-11-8-12-16-25/h17-25H,7-16H2,1-6H3,(H,36,37,38). The first-order valence-electron chi connectivity index (χ1n) is 15.4. The van der Waals surface area contributed by atoms with Gasteiger partial charge in [-0.2, -0.15) is 8.42 Å². The largest absolute Gasteiger partial charge is 0.422 e. The Kier molecular flexibility index (Phi) is 9.82. The predicted octanol–water partition coefficient (Wildman–Crippen LogP) is 9.62. The van der Waals surface area contributed by atoms with Gasteiger partial charge in [-0.15, -0.1) is 0 Å². The van der Waals surface area contributed by atoms with Gasteiger partial charge in [-0.1, -0.05) is 92.2 Å². The molecule has 0 unspecified atom stereocenters. The maximum absolute atomic E-state index is 14.3. The smallest absolute Gasteiger partial charge is 0.344 e. The van der Waals surface area contributed by atoms with Crippen LogP contribution in [0.15, 0.2) is 29.2 Å². The molecule has 4 rings (SSSR count). The lowest BCUT2D eigenvalue weighted by Gasteiger charge is -2.30. The van der Waals surface area contributed by atoms with Crippen LogP contribution in [0.3, 0.4) is 0 Å². The van der Waals surface area contributed by atoms with Crippen LogP contribution in [-0.2, 0) is 10.1 Å². The van der Waals surface area contributed by atoms with Gasteiger partial charge in [0.1, 0.15) is 5.75 Å². The number of carbonyl (C=O) groups is 1. The van der Waals surface area contributed by atoms with Crippen molar-refractivity contribution in [3.8, 4) is 5.75 Å². The van der Waals surface area contributed by atoms with E-state index in [0.717, 1.165) is 86.5 Å². The van der Waals surface area contributed by atoms with Crippen molar-refractivity contribution >= 4 is 16.1 Å². The minimum Gasteiger partial charge on any atom is -0.422 e. The summed E-state index contributed by atoms with van der Waals surface area (Å²) in [6.07, 6.45) is 10.2. The van der Waals surface area contributed by atoms with E-state index in [1.54, 1.807) is 12.1 Å². The molecule has 2 aliphatic rings. The zero-order valence-electron chi connectivity index (χ0n) is 25.3. The number of hydrogen-bond donors (Lipinski definition) is 1. The molecule has 220 valence electrons. The molecule has 0 amide bonds. The highest BCUT2D eigenvalue weighted by Crippen LogP contribution is 2.46. The molecule has 5 nitrogen and oxygen atoms in total. The molecule has 2 fully saturated rings. The van der Waals surface area contributed by atoms with E-state index in [1.807, 2.05) is 0 Å². The van der Waals surface area contributed by atoms with Gasteiger partial charge in [0.15, 0.2) is 0 Å². The number of esters is 1. The summed E-state index contributed by atoms with van der Waals surface area (Å²) >= 11 is 0. The van der Waals surface area contributed by atoms with Crippen LogP contribution in [0.5, 0.6) is 5.75 Å². The minimum absolute atomic E-state index is 0.0829. The van der Waals surface area contributed by atoms with Crippen molar-refractivity contribution < 1.29 is 22.5 Å². The van der Waals surface area contributed by atoms with E-state index in [2.05, 4.69) is 53.7 Å². The molecular formula is C34H48O5S. The van der Waals surface area contributed by atoms with E-state index in [1.165, 1.54) is 5.56 Å². The molecule has 0 bridgehead atoms. The molecular weight excluding hydrogens is 520 g/mol. The van der Waals surface area contributed by atoms with Gasteiger partial charge in [0.05, 0.1) is 10.5 Å². The lowest BCUT2D eigenvalue weighted by atomic mass is 9.79. The summed E-state index contributed by atoms with van der Waals surface area (Å²) in [6, 6.07) is 7.47. The third-order valence-corrected chi connectivity index (χ3v) is 9.87. The van der Waals surface area contributed by atoms with E-state index in [9.17, 15) is 17.8 Å². The van der Waals surface area contributed by atoms with E-state index < -0.39 is 10.1 Å². The van der Waals surface area contributed by atoms with Crippen molar-refractivity contribution in [3.63, 3.8) is 0 Å². The van der Waals surface area contributed by atoms with Crippen molar-refractivity contribution in [2.24, 2.45) is 0 Å². The van der Waals surface area contributed by atoms with Gasteiger partial charge in [0, 0.05) is 0 Å². The lowest BCUT2D eigenvalue weighted by molar-refractivity contribution is 0.0726. The van der Waals surface area contributed by atoms with Gasteiger partial charge in [-0.05, 0) is 95.2 Å². The summed E-state index contributed by atoms with van der Waals surface area (Å²) in [5.74, 6) is 0.970. The molecule has 2 saturated carbocycles. The Morgan fingerprint density at radius 1 is 0.725 bits per heavy atom. The zero-order valence-corrected chi connectivity index (χ0v) is 26.1. The fourth-order valence-corrected chi connectivity index (χ4v) is 7.23. The SMILES string of the molecule is CC(C)c1cc(C(C)C)c(C(=O)Oc2c(C3CCCCC3)cc(S(=O)(=O)O)cc2C2CCCCC2)c(C(C)C)c1. The van der Waals surface area contributed by atoms with Crippen molar-refractivity contribution in [2.75, 3.05) is 0 Å². The Labute approximate surface area is 241 Å². The second-order valence-electron chi connectivity index (χ2n) is 13.0. The monoisotopic (exact) mass is 568 g/mol. The Morgan fingerprint density at radius 3 is 1.50 bits per heavy atom. The van der Waals surface area contributed by atoms with Crippen molar-refractivity contribution in [2.45, 2.75) is 140 Å². The zero-order chi connectivity index (χ0) is 29.2. The molecule has 40 heavy (non-hydrogen) atoms. The predicted molar refractivity (Wildman–Crippen MR) is 162 cm³/mol. The normalized spacial score (nSPS) is 17.6. The number of ether oxygens (including phenoxy) is 1. The highest BCUT2D eigenvalue weighted by molar-refractivity contribution is 7.85. The summed E-state index contributed by atoms with van der Waals surface area (Å²) in [5.41, 5.74) is 5.37. The van der Waals surface area contributed by atoms with E-state index in [-0.39, 0.29) is 34.5 Å². The van der Waals surface area contributed by atoms with Crippen LogP contribution in [-0.4, -0.2) is 18.9 Å². The number of benzene rings is 2. The topological polar surface area (TPSA) is 80.7 Å². The Balaban J connectivity index is 1.92. The maximum Gasteiger partial charge on any atom is 0.344 e. The molecule has 2 aromatic carbocycles. The summed E-state index contributed by atoms with van der Waals surface area (Å²) in [6.45, 7) is 12.8. The maximum atomic E-state index is 14.3. The van der Waals surface area contributed by atoms with E-state index in [0.29, 0.717) is 17.2 Å². The van der Waals surface area contributed by atoms with Gasteiger partial charge in [0.25, 0.3) is 10.1 Å². The molecule has 2 aromatic rings. The van der Waals surface area contributed by atoms with Crippen molar-refractivity contribution in [1.82, 2.24) is 0 Å². The number of hydrogen-bond acceptors (Lipinski definition) is 4. The molecule has 1 N–H and O–H groups in total. The molecule has 0 spiro atoms. The van der Waals surface area contributed by atoms with Gasteiger partial charge in [-0.25, -0.2) is 4.79 Å². The first kappa shape index (κ1) is 30.8. The minimum atomic E-state index is -4.41. The van der Waals surface area contributed by atoms with Crippen LogP contribution in [0.4, 0.5) is 0 Å². The molecule has 6 heteroatoms. The summed E-state index contributed by atoms with van der Waals surface area (Å²) in [7, 11) is -4.41. The summed E-state index contributed by atoms with van der Waals surface area (Å²) < 4.78 is 41.5. The highest BCUT2D eigenvalue weighted by Gasteiger charge is 2.32. The first-order chi connectivity index (χ1) is 18.9. The van der Waals surface area contributed by atoms with Gasteiger partial charge in [0.2, 0.25) is 0 Å². The quantitative estimate of drug-likeness (QED) is 0.195. The molecule has 0 saturated heterocycles. The van der Waals surface area contributed by atoms with E-state index >= 15 is 0 Å². The average Bonchev–Trinajstić information content (AvgIpc) is 2.92. The third-order valence-electron chi connectivity index (χ3n) is 9.04. The van der Waals surface area contributed by atoms with Crippen LogP contribution in [0.2, 0.25) is 0 Å².